The van der Waals surface area contributed by atoms with E-state index in [0.717, 1.165) is 13.0 Å². The highest BCUT2D eigenvalue weighted by molar-refractivity contribution is 5.25. The van der Waals surface area contributed by atoms with Crippen molar-refractivity contribution in [3.05, 3.63) is 35.4 Å². The maximum atomic E-state index is 5.85. The second kappa shape index (κ2) is 7.55. The van der Waals surface area contributed by atoms with Crippen LogP contribution in [0.3, 0.4) is 0 Å². The number of hydrogen-bond donors (Lipinski definition) is 2. The molecule has 1 rings (SSSR count). The summed E-state index contributed by atoms with van der Waals surface area (Å²) in [5.41, 5.74) is 8.55. The first kappa shape index (κ1) is 15.2. The van der Waals surface area contributed by atoms with Crippen LogP contribution in [0.4, 0.5) is 0 Å². The molecule has 0 radical (unpaired) electrons. The molecule has 0 aliphatic heterocycles. The smallest absolute Gasteiger partial charge is 0.0444 e. The van der Waals surface area contributed by atoms with E-state index >= 15 is 0 Å². The lowest BCUT2D eigenvalue weighted by Crippen LogP contribution is -2.30. The molecule has 1 aromatic rings. The minimum absolute atomic E-state index is 0.278. The van der Waals surface area contributed by atoms with Crippen molar-refractivity contribution in [1.29, 1.82) is 0 Å². The van der Waals surface area contributed by atoms with Gasteiger partial charge in [-0.2, -0.15) is 0 Å². The van der Waals surface area contributed by atoms with E-state index in [0.29, 0.717) is 18.4 Å². The summed E-state index contributed by atoms with van der Waals surface area (Å²) in [5.74, 6) is 1.36. The maximum Gasteiger partial charge on any atom is 0.0444 e. The van der Waals surface area contributed by atoms with Crippen LogP contribution in [0.15, 0.2) is 24.3 Å². The number of rotatable bonds is 7. The molecule has 1 aromatic carbocycles. The molecule has 0 saturated heterocycles. The Hall–Kier alpha value is -0.860. The molecule has 0 fully saturated rings. The van der Waals surface area contributed by atoms with Crippen LogP contribution in [-0.4, -0.2) is 13.1 Å². The molecule has 0 spiro atoms. The molecule has 102 valence electrons. The van der Waals surface area contributed by atoms with Crippen LogP contribution >= 0.6 is 0 Å². The summed E-state index contributed by atoms with van der Waals surface area (Å²) < 4.78 is 0. The van der Waals surface area contributed by atoms with Gasteiger partial charge in [-0.1, -0.05) is 52.0 Å². The maximum absolute atomic E-state index is 5.85. The molecule has 3 N–H and O–H groups in total. The van der Waals surface area contributed by atoms with Gasteiger partial charge in [0.1, 0.15) is 0 Å². The fourth-order valence-corrected chi connectivity index (χ4v) is 2.07. The molecule has 0 amide bonds. The summed E-state index contributed by atoms with van der Waals surface area (Å²) in [4.78, 5) is 0. The molecule has 2 nitrogen and oxygen atoms in total. The molecule has 0 saturated carbocycles. The van der Waals surface area contributed by atoms with Gasteiger partial charge in [-0.25, -0.2) is 0 Å². The minimum Gasteiger partial charge on any atom is -0.329 e. The molecule has 0 aromatic heterocycles. The third-order valence-electron chi connectivity index (χ3n) is 3.03. The number of nitrogens with two attached hydrogens (primary N) is 1. The van der Waals surface area contributed by atoms with Crippen LogP contribution in [0.2, 0.25) is 0 Å². The molecule has 1 unspecified atom stereocenters. The van der Waals surface area contributed by atoms with E-state index in [1.54, 1.807) is 0 Å². The average Bonchev–Trinajstić information content (AvgIpc) is 2.31. The van der Waals surface area contributed by atoms with Crippen molar-refractivity contribution < 1.29 is 0 Å². The summed E-state index contributed by atoms with van der Waals surface area (Å²) in [6, 6.07) is 9.16. The van der Waals surface area contributed by atoms with Crippen LogP contribution in [0.1, 0.15) is 44.9 Å². The zero-order chi connectivity index (χ0) is 13.5. The van der Waals surface area contributed by atoms with E-state index in [-0.39, 0.29) is 6.04 Å². The van der Waals surface area contributed by atoms with Crippen molar-refractivity contribution in [3.63, 3.8) is 0 Å². The van der Waals surface area contributed by atoms with E-state index in [1.807, 2.05) is 0 Å². The lowest BCUT2D eigenvalue weighted by Gasteiger charge is -2.19. The minimum atomic E-state index is 0.278. The fourth-order valence-electron chi connectivity index (χ4n) is 2.07. The van der Waals surface area contributed by atoms with Gasteiger partial charge in [0.15, 0.2) is 0 Å². The van der Waals surface area contributed by atoms with Crippen LogP contribution in [-0.2, 0) is 6.42 Å². The Morgan fingerprint density at radius 1 is 1.00 bits per heavy atom. The molecule has 0 aliphatic carbocycles. The van der Waals surface area contributed by atoms with Gasteiger partial charge in [0.05, 0.1) is 0 Å². The predicted molar refractivity (Wildman–Crippen MR) is 79.6 cm³/mol. The van der Waals surface area contributed by atoms with Crippen molar-refractivity contribution in [2.75, 3.05) is 13.1 Å². The monoisotopic (exact) mass is 248 g/mol. The molecule has 0 aliphatic rings. The Morgan fingerprint density at radius 2 is 1.61 bits per heavy atom. The summed E-state index contributed by atoms with van der Waals surface area (Å²) in [6.45, 7) is 10.6. The Bertz CT molecular complexity index is 327. The van der Waals surface area contributed by atoms with E-state index in [2.05, 4.69) is 57.3 Å². The highest BCUT2D eigenvalue weighted by Gasteiger charge is 2.09. The topological polar surface area (TPSA) is 38.0 Å². The van der Waals surface area contributed by atoms with Gasteiger partial charge in [0, 0.05) is 12.6 Å². The third-order valence-corrected chi connectivity index (χ3v) is 3.03. The van der Waals surface area contributed by atoms with Crippen LogP contribution in [0, 0.1) is 11.8 Å². The summed E-state index contributed by atoms with van der Waals surface area (Å²) in [6.07, 6.45) is 1.15. The normalized spacial score (nSPS) is 13.3. The standard InChI is InChI=1S/C16H28N2/c1-12(2)9-14-5-7-15(8-6-14)16(10-17)18-11-13(3)4/h5-8,12-13,16,18H,9-11,17H2,1-4H3. The Balaban J connectivity index is 2.63. The lowest BCUT2D eigenvalue weighted by molar-refractivity contribution is 0.479. The first-order chi connectivity index (χ1) is 8.52. The summed E-state index contributed by atoms with van der Waals surface area (Å²) in [7, 11) is 0. The Kier molecular flexibility index (Phi) is 6.37. The fraction of sp³-hybridized carbons (Fsp3) is 0.625. The van der Waals surface area contributed by atoms with E-state index < -0.39 is 0 Å². The van der Waals surface area contributed by atoms with Gasteiger partial charge in [0.2, 0.25) is 0 Å². The molecule has 2 heteroatoms. The molecule has 1 atom stereocenters. The van der Waals surface area contributed by atoms with Gasteiger partial charge in [-0.15, -0.1) is 0 Å². The van der Waals surface area contributed by atoms with Gasteiger partial charge < -0.3 is 11.1 Å². The van der Waals surface area contributed by atoms with Gasteiger partial charge in [-0.3, -0.25) is 0 Å². The van der Waals surface area contributed by atoms with Crippen molar-refractivity contribution in [3.8, 4) is 0 Å². The first-order valence-electron chi connectivity index (χ1n) is 7.05. The van der Waals surface area contributed by atoms with Gasteiger partial charge in [0.25, 0.3) is 0 Å². The quantitative estimate of drug-likeness (QED) is 0.778. The largest absolute Gasteiger partial charge is 0.329 e. The zero-order valence-electron chi connectivity index (χ0n) is 12.2. The van der Waals surface area contributed by atoms with Crippen LogP contribution in [0.5, 0.6) is 0 Å². The Morgan fingerprint density at radius 3 is 2.06 bits per heavy atom. The van der Waals surface area contributed by atoms with E-state index in [1.165, 1.54) is 11.1 Å². The number of nitrogens with one attached hydrogen (secondary N) is 1. The van der Waals surface area contributed by atoms with Crippen molar-refractivity contribution >= 4 is 0 Å². The predicted octanol–water partition coefficient (Wildman–Crippen LogP) is 3.13. The Labute approximate surface area is 112 Å². The highest BCUT2D eigenvalue weighted by Crippen LogP contribution is 2.15. The van der Waals surface area contributed by atoms with Gasteiger partial charge in [-0.05, 0) is 35.9 Å². The lowest BCUT2D eigenvalue weighted by atomic mass is 9.99. The summed E-state index contributed by atoms with van der Waals surface area (Å²) in [5, 5.41) is 3.52. The van der Waals surface area contributed by atoms with Crippen LogP contribution in [0.25, 0.3) is 0 Å². The van der Waals surface area contributed by atoms with Gasteiger partial charge >= 0.3 is 0 Å². The third kappa shape index (κ3) is 5.19. The van der Waals surface area contributed by atoms with Crippen molar-refractivity contribution in [2.24, 2.45) is 17.6 Å². The second-order valence-electron chi connectivity index (χ2n) is 5.93. The number of benzene rings is 1. The van der Waals surface area contributed by atoms with Crippen molar-refractivity contribution in [1.82, 2.24) is 5.32 Å². The first-order valence-corrected chi connectivity index (χ1v) is 7.05. The molecular weight excluding hydrogens is 220 g/mol. The summed E-state index contributed by atoms with van der Waals surface area (Å²) >= 11 is 0. The number of hydrogen-bond acceptors (Lipinski definition) is 2. The van der Waals surface area contributed by atoms with Crippen LogP contribution < -0.4 is 11.1 Å². The molecule has 0 heterocycles. The SMILES string of the molecule is CC(C)CNC(CN)c1ccc(CC(C)C)cc1. The molecule has 18 heavy (non-hydrogen) atoms. The second-order valence-corrected chi connectivity index (χ2v) is 5.93. The molecular formula is C16H28N2. The van der Waals surface area contributed by atoms with E-state index in [4.69, 9.17) is 5.73 Å². The highest BCUT2D eigenvalue weighted by atomic mass is 14.9. The van der Waals surface area contributed by atoms with E-state index in [9.17, 15) is 0 Å². The molecule has 0 bridgehead atoms. The van der Waals surface area contributed by atoms with Crippen molar-refractivity contribution in [2.45, 2.75) is 40.2 Å². The average molecular weight is 248 g/mol. The zero-order valence-corrected chi connectivity index (χ0v) is 12.2.